The lowest BCUT2D eigenvalue weighted by atomic mass is 10.1. The van der Waals surface area contributed by atoms with Gasteiger partial charge in [-0.3, -0.25) is 9.59 Å². The van der Waals surface area contributed by atoms with Gasteiger partial charge in [-0.1, -0.05) is 37.3 Å². The molecular weight excluding hydrogens is 416 g/mol. The summed E-state index contributed by atoms with van der Waals surface area (Å²) in [6, 6.07) is 16.3. The Morgan fingerprint density at radius 3 is 2.35 bits per heavy atom. The molecule has 1 N–H and O–H groups in total. The first-order valence-electron chi connectivity index (χ1n) is 10.1. The standard InChI is InChI=1S/C23H26N2O5S/c1-3-20-22(18-11-13-19(30-2)14-12-18)31(28,29)25(23(20)27)16-21(26)24-15-7-10-17-8-5-4-6-9-17/h4-6,8-9,11-14H,3,7,10,15-16H2,1-2H3,(H,24,26). The summed E-state index contributed by atoms with van der Waals surface area (Å²) >= 11 is 0. The summed E-state index contributed by atoms with van der Waals surface area (Å²) < 4.78 is 32.0. The highest BCUT2D eigenvalue weighted by molar-refractivity contribution is 7.99. The van der Waals surface area contributed by atoms with Crippen LogP contribution >= 0.6 is 0 Å². The van der Waals surface area contributed by atoms with Gasteiger partial charge in [-0.25, -0.2) is 12.7 Å². The summed E-state index contributed by atoms with van der Waals surface area (Å²) in [5.74, 6) is -0.569. The van der Waals surface area contributed by atoms with Crippen molar-refractivity contribution >= 4 is 26.7 Å². The molecule has 7 nitrogen and oxygen atoms in total. The fourth-order valence-electron chi connectivity index (χ4n) is 3.51. The summed E-state index contributed by atoms with van der Waals surface area (Å²) in [6.07, 6.45) is 1.76. The molecule has 0 aliphatic carbocycles. The average molecular weight is 443 g/mol. The highest BCUT2D eigenvalue weighted by Gasteiger charge is 2.44. The number of benzene rings is 2. The van der Waals surface area contributed by atoms with E-state index in [1.807, 2.05) is 30.3 Å². The lowest BCUT2D eigenvalue weighted by Gasteiger charge is -2.16. The molecule has 3 rings (SSSR count). The fourth-order valence-corrected chi connectivity index (χ4v) is 5.32. The predicted molar refractivity (Wildman–Crippen MR) is 119 cm³/mol. The van der Waals surface area contributed by atoms with Gasteiger partial charge in [-0.15, -0.1) is 0 Å². The number of rotatable bonds is 9. The first-order valence-corrected chi connectivity index (χ1v) is 11.6. The minimum Gasteiger partial charge on any atom is -0.497 e. The Bertz CT molecular complexity index is 1080. The number of sulfonamides is 1. The zero-order valence-corrected chi connectivity index (χ0v) is 18.4. The monoisotopic (exact) mass is 442 g/mol. The van der Waals surface area contributed by atoms with Gasteiger partial charge in [0.2, 0.25) is 5.91 Å². The molecule has 0 atom stereocenters. The average Bonchev–Trinajstić information content (AvgIpc) is 2.97. The van der Waals surface area contributed by atoms with E-state index in [4.69, 9.17) is 4.74 Å². The molecule has 0 unspecified atom stereocenters. The molecule has 0 saturated carbocycles. The van der Waals surface area contributed by atoms with Crippen molar-refractivity contribution < 1.29 is 22.7 Å². The number of hydrogen-bond acceptors (Lipinski definition) is 5. The van der Waals surface area contributed by atoms with E-state index < -0.39 is 28.4 Å². The minimum atomic E-state index is -4.12. The Hall–Kier alpha value is -3.13. The van der Waals surface area contributed by atoms with Gasteiger partial charge in [0, 0.05) is 12.1 Å². The number of amides is 2. The molecule has 0 saturated heterocycles. The van der Waals surface area contributed by atoms with Crippen LogP contribution in [0.2, 0.25) is 0 Å². The predicted octanol–water partition coefficient (Wildman–Crippen LogP) is 2.74. The van der Waals surface area contributed by atoms with Crippen LogP contribution in [-0.2, 0) is 26.0 Å². The highest BCUT2D eigenvalue weighted by Crippen LogP contribution is 2.37. The summed E-state index contributed by atoms with van der Waals surface area (Å²) in [7, 11) is -2.60. The maximum absolute atomic E-state index is 13.1. The molecule has 2 aromatic rings. The molecule has 0 fully saturated rings. The molecule has 2 amide bonds. The van der Waals surface area contributed by atoms with Crippen LogP contribution in [0.3, 0.4) is 0 Å². The smallest absolute Gasteiger partial charge is 0.268 e. The van der Waals surface area contributed by atoms with E-state index >= 15 is 0 Å². The number of carbonyl (C=O) groups excluding carboxylic acids is 2. The second kappa shape index (κ2) is 9.78. The molecule has 0 bridgehead atoms. The summed E-state index contributed by atoms with van der Waals surface area (Å²) in [6.45, 7) is 1.59. The van der Waals surface area contributed by atoms with Gasteiger partial charge in [-0.2, -0.15) is 0 Å². The van der Waals surface area contributed by atoms with Crippen LogP contribution < -0.4 is 10.1 Å². The first-order chi connectivity index (χ1) is 14.9. The molecule has 1 aliphatic rings. The molecule has 164 valence electrons. The van der Waals surface area contributed by atoms with Crippen molar-refractivity contribution in [3.63, 3.8) is 0 Å². The number of ether oxygens (including phenoxy) is 1. The third-order valence-electron chi connectivity index (χ3n) is 5.11. The highest BCUT2D eigenvalue weighted by atomic mass is 32.2. The lowest BCUT2D eigenvalue weighted by Crippen LogP contribution is -2.41. The van der Waals surface area contributed by atoms with Crippen molar-refractivity contribution in [1.29, 1.82) is 0 Å². The van der Waals surface area contributed by atoms with E-state index in [0.717, 1.165) is 12.0 Å². The molecule has 8 heteroatoms. The lowest BCUT2D eigenvalue weighted by molar-refractivity contribution is -0.128. The van der Waals surface area contributed by atoms with Crippen LogP contribution in [0.25, 0.3) is 4.91 Å². The van der Waals surface area contributed by atoms with Crippen LogP contribution in [0.4, 0.5) is 0 Å². The van der Waals surface area contributed by atoms with Crippen LogP contribution in [0.5, 0.6) is 5.75 Å². The SMILES string of the molecule is CCC1=C(c2ccc(OC)cc2)S(=O)(=O)N(CC(=O)NCCCc2ccccc2)C1=O. The zero-order valence-electron chi connectivity index (χ0n) is 17.6. The van der Waals surface area contributed by atoms with Crippen LogP contribution in [0, 0.1) is 0 Å². The third kappa shape index (κ3) is 4.96. The fraction of sp³-hybridized carbons (Fsp3) is 0.304. The molecule has 2 aromatic carbocycles. The van der Waals surface area contributed by atoms with E-state index in [-0.39, 0.29) is 16.9 Å². The van der Waals surface area contributed by atoms with E-state index in [2.05, 4.69) is 5.32 Å². The Kier molecular flexibility index (Phi) is 7.12. The molecular formula is C23H26N2O5S. The Balaban J connectivity index is 1.66. The van der Waals surface area contributed by atoms with E-state index in [1.165, 1.54) is 7.11 Å². The van der Waals surface area contributed by atoms with Crippen molar-refractivity contribution in [3.05, 3.63) is 71.3 Å². The van der Waals surface area contributed by atoms with E-state index in [9.17, 15) is 18.0 Å². The van der Waals surface area contributed by atoms with Gasteiger partial charge < -0.3 is 10.1 Å². The van der Waals surface area contributed by atoms with Crippen molar-refractivity contribution in [2.45, 2.75) is 26.2 Å². The molecule has 0 spiro atoms. The Morgan fingerprint density at radius 1 is 1.06 bits per heavy atom. The second-order valence-corrected chi connectivity index (χ2v) is 8.94. The first kappa shape index (κ1) is 22.6. The van der Waals surface area contributed by atoms with Crippen molar-refractivity contribution in [2.24, 2.45) is 0 Å². The third-order valence-corrected chi connectivity index (χ3v) is 6.98. The molecule has 1 heterocycles. The van der Waals surface area contributed by atoms with Crippen molar-refractivity contribution in [1.82, 2.24) is 9.62 Å². The summed E-state index contributed by atoms with van der Waals surface area (Å²) in [4.78, 5) is 25.1. The van der Waals surface area contributed by atoms with Gasteiger partial charge in [0.05, 0.1) is 7.11 Å². The maximum atomic E-state index is 13.1. The van der Waals surface area contributed by atoms with Gasteiger partial charge in [-0.05, 0) is 54.7 Å². The van der Waals surface area contributed by atoms with Crippen molar-refractivity contribution in [3.8, 4) is 5.75 Å². The normalized spacial score (nSPS) is 15.3. The summed E-state index contributed by atoms with van der Waals surface area (Å²) in [5.41, 5.74) is 1.74. The van der Waals surface area contributed by atoms with Gasteiger partial charge in [0.25, 0.3) is 15.9 Å². The van der Waals surface area contributed by atoms with Crippen LogP contribution in [-0.4, -0.2) is 44.7 Å². The number of nitrogens with one attached hydrogen (secondary N) is 1. The number of aryl methyl sites for hydroxylation is 1. The van der Waals surface area contributed by atoms with E-state index in [1.54, 1.807) is 31.2 Å². The zero-order chi connectivity index (χ0) is 22.4. The number of carbonyl (C=O) groups is 2. The Morgan fingerprint density at radius 2 is 1.74 bits per heavy atom. The topological polar surface area (TPSA) is 92.8 Å². The maximum Gasteiger partial charge on any atom is 0.268 e. The molecule has 0 aromatic heterocycles. The number of methoxy groups -OCH3 is 1. The van der Waals surface area contributed by atoms with Crippen LogP contribution in [0.1, 0.15) is 30.9 Å². The Labute approximate surface area is 182 Å². The van der Waals surface area contributed by atoms with E-state index in [0.29, 0.717) is 28.6 Å². The quantitative estimate of drug-likeness (QED) is 0.603. The molecule has 0 radical (unpaired) electrons. The number of nitrogens with zero attached hydrogens (tertiary/aromatic N) is 1. The summed E-state index contributed by atoms with van der Waals surface area (Å²) in [5, 5.41) is 2.71. The van der Waals surface area contributed by atoms with Gasteiger partial charge >= 0.3 is 0 Å². The molecule has 1 aliphatic heterocycles. The minimum absolute atomic E-state index is 0.0421. The van der Waals surface area contributed by atoms with Crippen molar-refractivity contribution in [2.75, 3.05) is 20.2 Å². The van der Waals surface area contributed by atoms with Crippen LogP contribution in [0.15, 0.2) is 60.2 Å². The largest absolute Gasteiger partial charge is 0.497 e. The van der Waals surface area contributed by atoms with Gasteiger partial charge in [0.15, 0.2) is 0 Å². The molecule has 31 heavy (non-hydrogen) atoms. The van der Waals surface area contributed by atoms with Gasteiger partial charge in [0.1, 0.15) is 17.2 Å². The second-order valence-electron chi connectivity index (χ2n) is 7.15. The number of hydrogen-bond donors (Lipinski definition) is 1.